The van der Waals surface area contributed by atoms with Gasteiger partial charge in [0.15, 0.2) is 5.78 Å². The van der Waals surface area contributed by atoms with E-state index in [0.717, 1.165) is 30.6 Å². The number of ketones is 1. The second kappa shape index (κ2) is 4.33. The minimum Gasteiger partial charge on any atom is -0.316 e. The summed E-state index contributed by atoms with van der Waals surface area (Å²) < 4.78 is 0. The Morgan fingerprint density at radius 1 is 1.53 bits per heavy atom. The zero-order valence-corrected chi connectivity index (χ0v) is 9.47. The van der Waals surface area contributed by atoms with Crippen molar-refractivity contribution in [1.29, 1.82) is 0 Å². The van der Waals surface area contributed by atoms with E-state index in [1.807, 2.05) is 19.1 Å². The zero-order valence-electron chi connectivity index (χ0n) is 8.72. The summed E-state index contributed by atoms with van der Waals surface area (Å²) in [5.74, 6) is 0.339. The van der Waals surface area contributed by atoms with Crippen LogP contribution >= 0.6 is 11.6 Å². The van der Waals surface area contributed by atoms with Gasteiger partial charge in [-0.3, -0.25) is 4.79 Å². The van der Waals surface area contributed by atoms with Crippen molar-refractivity contribution in [3.63, 3.8) is 0 Å². The predicted molar refractivity (Wildman–Crippen MR) is 61.5 cm³/mol. The van der Waals surface area contributed by atoms with E-state index in [1.54, 1.807) is 6.07 Å². The summed E-state index contributed by atoms with van der Waals surface area (Å²) in [7, 11) is 0. The van der Waals surface area contributed by atoms with Crippen LogP contribution in [0.5, 0.6) is 0 Å². The predicted octanol–water partition coefficient (Wildman–Crippen LogP) is 2.44. The van der Waals surface area contributed by atoms with Gasteiger partial charge < -0.3 is 5.32 Å². The molecule has 0 aromatic heterocycles. The summed E-state index contributed by atoms with van der Waals surface area (Å²) in [6, 6.07) is 5.54. The number of aryl methyl sites for hydroxylation is 1. The Kier molecular flexibility index (Phi) is 3.08. The van der Waals surface area contributed by atoms with E-state index in [2.05, 4.69) is 5.32 Å². The average molecular weight is 224 g/mol. The molecule has 2 nitrogen and oxygen atoms in total. The average Bonchev–Trinajstić information content (AvgIpc) is 2.74. The van der Waals surface area contributed by atoms with Crippen molar-refractivity contribution in [3.8, 4) is 0 Å². The zero-order chi connectivity index (χ0) is 10.8. The molecule has 1 aliphatic rings. The minimum atomic E-state index is 0.128. The topological polar surface area (TPSA) is 29.1 Å². The number of benzene rings is 1. The first kappa shape index (κ1) is 10.7. The number of rotatable bonds is 2. The molecule has 15 heavy (non-hydrogen) atoms. The van der Waals surface area contributed by atoms with E-state index in [0.29, 0.717) is 5.02 Å². The van der Waals surface area contributed by atoms with Crippen molar-refractivity contribution >= 4 is 17.4 Å². The third-order valence-corrected chi connectivity index (χ3v) is 3.29. The van der Waals surface area contributed by atoms with Gasteiger partial charge in [-0.05, 0) is 31.5 Å². The van der Waals surface area contributed by atoms with Gasteiger partial charge >= 0.3 is 0 Å². The summed E-state index contributed by atoms with van der Waals surface area (Å²) in [6.07, 6.45) is 0.935. The Labute approximate surface area is 94.6 Å². The fourth-order valence-corrected chi connectivity index (χ4v) is 2.04. The van der Waals surface area contributed by atoms with Crippen LogP contribution in [-0.2, 0) is 0 Å². The first-order chi connectivity index (χ1) is 7.18. The van der Waals surface area contributed by atoms with Crippen molar-refractivity contribution in [2.24, 2.45) is 5.92 Å². The number of hydrogen-bond donors (Lipinski definition) is 1. The van der Waals surface area contributed by atoms with E-state index in [-0.39, 0.29) is 11.7 Å². The Morgan fingerprint density at radius 2 is 2.33 bits per heavy atom. The van der Waals surface area contributed by atoms with Crippen LogP contribution in [-0.4, -0.2) is 18.9 Å². The van der Waals surface area contributed by atoms with Gasteiger partial charge in [-0.15, -0.1) is 0 Å². The molecular weight excluding hydrogens is 210 g/mol. The lowest BCUT2D eigenvalue weighted by Crippen LogP contribution is -2.17. The summed E-state index contributed by atoms with van der Waals surface area (Å²) >= 11 is 6.00. The van der Waals surface area contributed by atoms with E-state index in [4.69, 9.17) is 11.6 Å². The van der Waals surface area contributed by atoms with Gasteiger partial charge in [-0.2, -0.15) is 0 Å². The lowest BCUT2D eigenvalue weighted by Gasteiger charge is -2.08. The highest BCUT2D eigenvalue weighted by molar-refractivity contribution is 6.31. The first-order valence-electron chi connectivity index (χ1n) is 5.19. The number of nitrogens with one attached hydrogen (secondary N) is 1. The Bertz CT molecular complexity index is 383. The Hall–Kier alpha value is -0.860. The van der Waals surface area contributed by atoms with Crippen molar-refractivity contribution in [3.05, 3.63) is 34.3 Å². The van der Waals surface area contributed by atoms with Crippen LogP contribution in [0.1, 0.15) is 22.3 Å². The molecule has 0 aliphatic carbocycles. The van der Waals surface area contributed by atoms with Crippen LogP contribution in [0.25, 0.3) is 0 Å². The summed E-state index contributed by atoms with van der Waals surface area (Å²) in [6.45, 7) is 3.67. The molecular formula is C12H14ClNO. The standard InChI is InChI=1S/C12H14ClNO/c1-8-2-3-9(6-11(8)13)12(15)10-4-5-14-7-10/h2-3,6,10,14H,4-5,7H2,1H3. The molecule has 1 fully saturated rings. The van der Waals surface area contributed by atoms with E-state index < -0.39 is 0 Å². The number of hydrogen-bond acceptors (Lipinski definition) is 2. The van der Waals surface area contributed by atoms with Crippen molar-refractivity contribution in [2.75, 3.05) is 13.1 Å². The third kappa shape index (κ3) is 2.21. The summed E-state index contributed by atoms with van der Waals surface area (Å²) in [5, 5.41) is 3.87. The molecule has 2 rings (SSSR count). The second-order valence-corrected chi connectivity index (χ2v) is 4.43. The number of halogens is 1. The Balaban J connectivity index is 2.21. The monoisotopic (exact) mass is 223 g/mol. The van der Waals surface area contributed by atoms with Crippen LogP contribution in [0.2, 0.25) is 5.02 Å². The normalized spacial score (nSPS) is 20.5. The third-order valence-electron chi connectivity index (χ3n) is 2.89. The minimum absolute atomic E-state index is 0.128. The lowest BCUT2D eigenvalue weighted by molar-refractivity contribution is 0.0930. The number of carbonyl (C=O) groups is 1. The van der Waals surface area contributed by atoms with Crippen molar-refractivity contribution in [2.45, 2.75) is 13.3 Å². The van der Waals surface area contributed by atoms with Gasteiger partial charge in [0, 0.05) is 23.0 Å². The molecule has 80 valence electrons. The molecule has 1 unspecified atom stereocenters. The molecule has 1 heterocycles. The fourth-order valence-electron chi connectivity index (χ4n) is 1.86. The van der Waals surface area contributed by atoms with Crippen LogP contribution in [0.3, 0.4) is 0 Å². The van der Waals surface area contributed by atoms with Gasteiger partial charge in [0.05, 0.1) is 0 Å². The molecule has 1 aromatic rings. The van der Waals surface area contributed by atoms with Gasteiger partial charge in [0.25, 0.3) is 0 Å². The van der Waals surface area contributed by atoms with Gasteiger partial charge in [0.1, 0.15) is 0 Å². The van der Waals surface area contributed by atoms with Crippen molar-refractivity contribution in [1.82, 2.24) is 5.32 Å². The first-order valence-corrected chi connectivity index (χ1v) is 5.57. The van der Waals surface area contributed by atoms with Gasteiger partial charge in [-0.25, -0.2) is 0 Å². The maximum absolute atomic E-state index is 12.0. The van der Waals surface area contributed by atoms with E-state index in [9.17, 15) is 4.79 Å². The second-order valence-electron chi connectivity index (χ2n) is 4.02. The maximum atomic E-state index is 12.0. The highest BCUT2D eigenvalue weighted by atomic mass is 35.5. The molecule has 0 amide bonds. The molecule has 3 heteroatoms. The molecule has 0 radical (unpaired) electrons. The largest absolute Gasteiger partial charge is 0.316 e. The van der Waals surface area contributed by atoms with Crippen LogP contribution < -0.4 is 5.32 Å². The smallest absolute Gasteiger partial charge is 0.167 e. The molecule has 1 aliphatic heterocycles. The van der Waals surface area contributed by atoms with Gasteiger partial charge in [0.2, 0.25) is 0 Å². The van der Waals surface area contributed by atoms with Crippen molar-refractivity contribution < 1.29 is 4.79 Å². The quantitative estimate of drug-likeness (QED) is 0.781. The highest BCUT2D eigenvalue weighted by Gasteiger charge is 2.23. The van der Waals surface area contributed by atoms with Crippen LogP contribution in [0, 0.1) is 12.8 Å². The molecule has 0 spiro atoms. The van der Waals surface area contributed by atoms with E-state index in [1.165, 1.54) is 0 Å². The molecule has 1 saturated heterocycles. The molecule has 1 N–H and O–H groups in total. The van der Waals surface area contributed by atoms with E-state index >= 15 is 0 Å². The van der Waals surface area contributed by atoms with Gasteiger partial charge in [-0.1, -0.05) is 23.7 Å². The molecule has 0 bridgehead atoms. The molecule has 1 aromatic carbocycles. The maximum Gasteiger partial charge on any atom is 0.167 e. The summed E-state index contributed by atoms with van der Waals surface area (Å²) in [4.78, 5) is 12.0. The number of carbonyl (C=O) groups excluding carboxylic acids is 1. The molecule has 1 atom stereocenters. The lowest BCUT2D eigenvalue weighted by atomic mass is 9.96. The molecule has 0 saturated carbocycles. The summed E-state index contributed by atoms with van der Waals surface area (Å²) in [5.41, 5.74) is 1.75. The Morgan fingerprint density at radius 3 is 2.93 bits per heavy atom. The van der Waals surface area contributed by atoms with Crippen LogP contribution in [0.15, 0.2) is 18.2 Å². The number of Topliss-reactive ketones (excluding diaryl/α,β-unsaturated/α-hetero) is 1. The fraction of sp³-hybridized carbons (Fsp3) is 0.417. The SMILES string of the molecule is Cc1ccc(C(=O)C2CCNC2)cc1Cl. The van der Waals surface area contributed by atoms with Crippen LogP contribution in [0.4, 0.5) is 0 Å². The highest BCUT2D eigenvalue weighted by Crippen LogP contribution is 2.21.